The average Bonchev–Trinajstić information content (AvgIpc) is 2.37. The predicted octanol–water partition coefficient (Wildman–Crippen LogP) is 4.63. The molecule has 0 heterocycles. The summed E-state index contributed by atoms with van der Waals surface area (Å²) in [6.45, 7) is 0. The van der Waals surface area contributed by atoms with Crippen molar-refractivity contribution in [3.8, 4) is 0 Å². The molecule has 0 atom stereocenters. The van der Waals surface area contributed by atoms with Crippen LogP contribution in [0.25, 0.3) is 0 Å². The third-order valence-corrected chi connectivity index (χ3v) is 3.28. The van der Waals surface area contributed by atoms with E-state index in [1.54, 1.807) is 18.2 Å². The molecule has 0 spiro atoms. The van der Waals surface area contributed by atoms with Crippen molar-refractivity contribution >= 4 is 39.1 Å². The first-order valence-corrected chi connectivity index (χ1v) is 6.36. The summed E-state index contributed by atoms with van der Waals surface area (Å²) >= 11 is 9.06. The fraction of sp³-hybridized carbons (Fsp3) is 0. The van der Waals surface area contributed by atoms with Crippen LogP contribution in [0.4, 0.5) is 14.5 Å². The van der Waals surface area contributed by atoms with Crippen LogP contribution in [0.2, 0.25) is 5.02 Å². The highest BCUT2D eigenvalue weighted by Gasteiger charge is 2.11. The zero-order valence-electron chi connectivity index (χ0n) is 9.38. The van der Waals surface area contributed by atoms with E-state index in [0.29, 0.717) is 15.2 Å². The van der Waals surface area contributed by atoms with Gasteiger partial charge >= 0.3 is 0 Å². The monoisotopic (exact) mass is 345 g/mol. The number of carbonyl (C=O) groups is 1. The van der Waals surface area contributed by atoms with E-state index in [0.717, 1.165) is 12.1 Å². The highest BCUT2D eigenvalue weighted by atomic mass is 79.9. The molecule has 0 aliphatic carbocycles. The zero-order chi connectivity index (χ0) is 14.0. The van der Waals surface area contributed by atoms with Gasteiger partial charge in [-0.25, -0.2) is 8.78 Å². The highest BCUT2D eigenvalue weighted by Crippen LogP contribution is 2.26. The van der Waals surface area contributed by atoms with Crippen LogP contribution in [0.5, 0.6) is 0 Å². The lowest BCUT2D eigenvalue weighted by molar-refractivity contribution is 0.102. The van der Waals surface area contributed by atoms with Crippen molar-refractivity contribution in [3.63, 3.8) is 0 Å². The van der Waals surface area contributed by atoms with Gasteiger partial charge in [-0.2, -0.15) is 0 Å². The van der Waals surface area contributed by atoms with Gasteiger partial charge in [-0.3, -0.25) is 4.79 Å². The molecule has 0 aliphatic heterocycles. The van der Waals surface area contributed by atoms with Gasteiger partial charge in [0.05, 0.1) is 5.69 Å². The average molecular weight is 347 g/mol. The van der Waals surface area contributed by atoms with Crippen LogP contribution >= 0.6 is 27.5 Å². The van der Waals surface area contributed by atoms with Crippen molar-refractivity contribution in [2.75, 3.05) is 5.32 Å². The lowest BCUT2D eigenvalue weighted by Gasteiger charge is -2.08. The van der Waals surface area contributed by atoms with Gasteiger partial charge < -0.3 is 5.32 Å². The first-order chi connectivity index (χ1) is 8.97. The van der Waals surface area contributed by atoms with E-state index < -0.39 is 17.5 Å². The minimum Gasteiger partial charge on any atom is -0.321 e. The Labute approximate surface area is 121 Å². The fourth-order valence-corrected chi connectivity index (χ4v) is 1.94. The number of rotatable bonds is 2. The second-order valence-corrected chi connectivity index (χ2v) is 5.00. The van der Waals surface area contributed by atoms with Crippen molar-refractivity contribution in [2.45, 2.75) is 0 Å². The summed E-state index contributed by atoms with van der Waals surface area (Å²) in [4.78, 5) is 11.9. The number of anilines is 1. The van der Waals surface area contributed by atoms with Gasteiger partial charge in [0.15, 0.2) is 11.6 Å². The van der Waals surface area contributed by atoms with Gasteiger partial charge in [0, 0.05) is 15.1 Å². The molecule has 2 aromatic carbocycles. The van der Waals surface area contributed by atoms with Crippen LogP contribution in [-0.2, 0) is 0 Å². The van der Waals surface area contributed by atoms with Crippen molar-refractivity contribution in [1.29, 1.82) is 0 Å². The molecule has 1 N–H and O–H groups in total. The number of carbonyl (C=O) groups excluding carboxylic acids is 1. The van der Waals surface area contributed by atoms with Gasteiger partial charge in [-0.1, -0.05) is 11.6 Å². The fourth-order valence-electron chi connectivity index (χ4n) is 1.43. The summed E-state index contributed by atoms with van der Waals surface area (Å²) in [5.74, 6) is -2.62. The smallest absolute Gasteiger partial charge is 0.255 e. The molecular formula is C13H7BrClF2NO. The molecule has 19 heavy (non-hydrogen) atoms. The lowest BCUT2D eigenvalue weighted by atomic mass is 10.2. The molecule has 2 rings (SSSR count). The number of halogens is 4. The zero-order valence-corrected chi connectivity index (χ0v) is 11.7. The van der Waals surface area contributed by atoms with Gasteiger partial charge in [0.1, 0.15) is 0 Å². The van der Waals surface area contributed by atoms with Crippen LogP contribution in [-0.4, -0.2) is 5.91 Å². The van der Waals surface area contributed by atoms with Gasteiger partial charge in [-0.15, -0.1) is 0 Å². The van der Waals surface area contributed by atoms with E-state index in [1.165, 1.54) is 6.07 Å². The number of benzene rings is 2. The summed E-state index contributed by atoms with van der Waals surface area (Å²) in [7, 11) is 0. The second-order valence-electron chi connectivity index (χ2n) is 3.71. The van der Waals surface area contributed by atoms with Gasteiger partial charge in [0.25, 0.3) is 5.91 Å². The molecule has 98 valence electrons. The minimum absolute atomic E-state index is 0.0192. The largest absolute Gasteiger partial charge is 0.321 e. The van der Waals surface area contributed by atoms with Crippen LogP contribution in [0.1, 0.15) is 10.4 Å². The maximum Gasteiger partial charge on any atom is 0.255 e. The Morgan fingerprint density at radius 3 is 2.53 bits per heavy atom. The maximum absolute atomic E-state index is 13.0. The number of nitrogens with one attached hydrogen (secondary N) is 1. The quantitative estimate of drug-likeness (QED) is 0.844. The number of hydrogen-bond donors (Lipinski definition) is 1. The van der Waals surface area contributed by atoms with E-state index in [-0.39, 0.29) is 5.56 Å². The number of hydrogen-bond acceptors (Lipinski definition) is 1. The Bertz CT molecular complexity index is 649. The van der Waals surface area contributed by atoms with Gasteiger partial charge in [-0.05, 0) is 52.3 Å². The normalized spacial score (nSPS) is 10.3. The van der Waals surface area contributed by atoms with Crippen molar-refractivity contribution < 1.29 is 13.6 Å². The molecule has 6 heteroatoms. The van der Waals surface area contributed by atoms with Crippen molar-refractivity contribution in [3.05, 3.63) is 63.1 Å². The molecule has 0 bridgehead atoms. The Balaban J connectivity index is 2.25. The predicted molar refractivity (Wildman–Crippen MR) is 73.5 cm³/mol. The Morgan fingerprint density at radius 2 is 1.84 bits per heavy atom. The summed E-state index contributed by atoms with van der Waals surface area (Å²) in [5.41, 5.74) is 0.466. The highest BCUT2D eigenvalue weighted by molar-refractivity contribution is 9.10. The molecule has 1 amide bonds. The molecule has 0 aliphatic rings. The SMILES string of the molecule is O=C(Nc1cc(Cl)ccc1Br)c1ccc(F)c(F)c1. The third kappa shape index (κ3) is 3.30. The molecule has 0 radical (unpaired) electrons. The molecule has 0 fully saturated rings. The van der Waals surface area contributed by atoms with Crippen molar-refractivity contribution in [2.24, 2.45) is 0 Å². The topological polar surface area (TPSA) is 29.1 Å². The van der Waals surface area contributed by atoms with Crippen LogP contribution in [0, 0.1) is 11.6 Å². The Kier molecular flexibility index (Phi) is 4.17. The van der Waals surface area contributed by atoms with Crippen LogP contribution in [0.15, 0.2) is 40.9 Å². The molecule has 0 saturated heterocycles. The molecule has 2 nitrogen and oxygen atoms in total. The van der Waals surface area contributed by atoms with Gasteiger partial charge in [0.2, 0.25) is 0 Å². The molecule has 0 aromatic heterocycles. The molecule has 2 aromatic rings. The molecule has 0 unspecified atom stereocenters. The molecular weight excluding hydrogens is 340 g/mol. The standard InChI is InChI=1S/C13H7BrClF2NO/c14-9-3-2-8(15)6-12(9)18-13(19)7-1-4-10(16)11(17)5-7/h1-6H,(H,18,19). The lowest BCUT2D eigenvalue weighted by Crippen LogP contribution is -2.12. The van der Waals surface area contributed by atoms with E-state index in [4.69, 9.17) is 11.6 Å². The van der Waals surface area contributed by atoms with E-state index in [2.05, 4.69) is 21.2 Å². The summed E-state index contributed by atoms with van der Waals surface area (Å²) in [6.07, 6.45) is 0. The van der Waals surface area contributed by atoms with E-state index in [9.17, 15) is 13.6 Å². The summed E-state index contributed by atoms with van der Waals surface area (Å²) < 4.78 is 26.4. The summed E-state index contributed by atoms with van der Waals surface area (Å²) in [5, 5.41) is 3.00. The first kappa shape index (κ1) is 14.0. The number of amides is 1. The summed E-state index contributed by atoms with van der Waals surface area (Å²) in [6, 6.07) is 7.80. The van der Waals surface area contributed by atoms with Crippen LogP contribution < -0.4 is 5.32 Å². The first-order valence-electron chi connectivity index (χ1n) is 5.19. The van der Waals surface area contributed by atoms with E-state index >= 15 is 0 Å². The van der Waals surface area contributed by atoms with Crippen LogP contribution in [0.3, 0.4) is 0 Å². The maximum atomic E-state index is 13.0. The molecule has 0 saturated carbocycles. The van der Waals surface area contributed by atoms with E-state index in [1.807, 2.05) is 0 Å². The third-order valence-electron chi connectivity index (χ3n) is 2.36. The van der Waals surface area contributed by atoms with Crippen molar-refractivity contribution in [1.82, 2.24) is 0 Å². The second kappa shape index (κ2) is 5.67. The minimum atomic E-state index is -1.07. The Hall–Kier alpha value is -1.46. The Morgan fingerprint density at radius 1 is 1.11 bits per heavy atom.